The number of ether oxygens (including phenoxy) is 2. The van der Waals surface area contributed by atoms with Crippen molar-refractivity contribution in [2.75, 3.05) is 26.5 Å². The van der Waals surface area contributed by atoms with Gasteiger partial charge in [0.2, 0.25) is 0 Å². The van der Waals surface area contributed by atoms with Crippen LogP contribution in [0.15, 0.2) is 42.5 Å². The van der Waals surface area contributed by atoms with Gasteiger partial charge in [0.25, 0.3) is 5.91 Å². The summed E-state index contributed by atoms with van der Waals surface area (Å²) in [5.74, 6) is 2.48. The van der Waals surface area contributed by atoms with Crippen molar-refractivity contribution in [3.05, 3.63) is 59.2 Å². The molecule has 5 heteroatoms. The molecule has 1 aliphatic heterocycles. The van der Waals surface area contributed by atoms with Gasteiger partial charge < -0.3 is 14.4 Å². The summed E-state index contributed by atoms with van der Waals surface area (Å²) in [5.41, 5.74) is 3.07. The van der Waals surface area contributed by atoms with Gasteiger partial charge >= 0.3 is 0 Å². The Morgan fingerprint density at radius 2 is 1.78 bits per heavy atom. The maximum absolute atomic E-state index is 13.1. The average Bonchev–Trinajstić information content (AvgIpc) is 3.21. The van der Waals surface area contributed by atoms with Crippen molar-refractivity contribution in [1.82, 2.24) is 4.90 Å². The fourth-order valence-corrected chi connectivity index (χ4v) is 4.52. The number of methoxy groups -OCH3 is 2. The topological polar surface area (TPSA) is 38.8 Å². The van der Waals surface area contributed by atoms with Gasteiger partial charge in [-0.05, 0) is 48.2 Å². The Hall–Kier alpha value is -2.14. The zero-order valence-corrected chi connectivity index (χ0v) is 17.1. The highest BCUT2D eigenvalue weighted by atomic mass is 32.2. The summed E-state index contributed by atoms with van der Waals surface area (Å²) in [5, 5.41) is -0.0266. The first kappa shape index (κ1) is 19.6. The van der Waals surface area contributed by atoms with E-state index in [-0.39, 0.29) is 11.3 Å². The highest BCUT2D eigenvalue weighted by molar-refractivity contribution is 7.99. The molecular weight excluding hydrogens is 358 g/mol. The molecule has 1 amide bonds. The van der Waals surface area contributed by atoms with Gasteiger partial charge in [0.05, 0.1) is 14.2 Å². The molecule has 3 rings (SSSR count). The van der Waals surface area contributed by atoms with Crippen LogP contribution in [0.1, 0.15) is 46.6 Å². The molecule has 2 aromatic rings. The predicted molar refractivity (Wildman–Crippen MR) is 111 cm³/mol. The van der Waals surface area contributed by atoms with Crippen LogP contribution in [0.25, 0.3) is 0 Å². The van der Waals surface area contributed by atoms with Crippen molar-refractivity contribution in [2.24, 2.45) is 0 Å². The molecule has 1 atom stereocenters. The standard InChI is InChI=1S/C22H27NO3S/c1-4-5-6-16-7-9-17(10-8-16)21(24)23-11-12-27-22(23)18-13-19(25-2)15-20(14-18)26-3/h7-10,13-15,22H,4-6,11-12H2,1-3H3/t22-/m1/s1. The number of benzene rings is 2. The lowest BCUT2D eigenvalue weighted by atomic mass is 10.1. The van der Waals surface area contributed by atoms with Crippen LogP contribution in [-0.2, 0) is 6.42 Å². The second kappa shape index (κ2) is 9.18. The molecule has 1 fully saturated rings. The van der Waals surface area contributed by atoms with Crippen molar-refractivity contribution in [1.29, 1.82) is 0 Å². The summed E-state index contributed by atoms with van der Waals surface area (Å²) >= 11 is 1.77. The Kier molecular flexibility index (Phi) is 6.67. The predicted octanol–water partition coefficient (Wildman–Crippen LogP) is 4.93. The molecule has 0 spiro atoms. The molecule has 0 aliphatic carbocycles. The third-order valence-corrected chi connectivity index (χ3v) is 6.09. The molecule has 0 aromatic heterocycles. The smallest absolute Gasteiger partial charge is 0.255 e. The minimum absolute atomic E-state index is 0.0266. The van der Waals surface area contributed by atoms with Gasteiger partial charge in [-0.15, -0.1) is 11.8 Å². The largest absolute Gasteiger partial charge is 0.497 e. The lowest BCUT2D eigenvalue weighted by molar-refractivity contribution is 0.0760. The molecule has 2 aromatic carbocycles. The molecular formula is C22H27NO3S. The zero-order chi connectivity index (χ0) is 19.2. The minimum atomic E-state index is -0.0266. The molecule has 1 heterocycles. The van der Waals surface area contributed by atoms with Gasteiger partial charge in [-0.1, -0.05) is 25.5 Å². The van der Waals surface area contributed by atoms with Crippen LogP contribution in [0.5, 0.6) is 11.5 Å². The Morgan fingerprint density at radius 3 is 2.37 bits per heavy atom. The Labute approximate surface area is 165 Å². The van der Waals surface area contributed by atoms with Crippen LogP contribution in [0.3, 0.4) is 0 Å². The highest BCUT2D eigenvalue weighted by Gasteiger charge is 2.32. The summed E-state index contributed by atoms with van der Waals surface area (Å²) in [6.07, 6.45) is 3.42. The number of aryl methyl sites for hydroxylation is 1. The number of carbonyl (C=O) groups is 1. The first-order valence-corrected chi connectivity index (χ1v) is 10.5. The lowest BCUT2D eigenvalue weighted by Crippen LogP contribution is -2.30. The molecule has 1 aliphatic rings. The molecule has 0 saturated carbocycles. The summed E-state index contributed by atoms with van der Waals surface area (Å²) in [6, 6.07) is 13.9. The number of carbonyl (C=O) groups excluding carboxylic acids is 1. The van der Waals surface area contributed by atoms with Gasteiger partial charge in [-0.25, -0.2) is 0 Å². The van der Waals surface area contributed by atoms with E-state index in [9.17, 15) is 4.79 Å². The Morgan fingerprint density at radius 1 is 1.11 bits per heavy atom. The fourth-order valence-electron chi connectivity index (χ4n) is 3.29. The molecule has 0 radical (unpaired) electrons. The van der Waals surface area contributed by atoms with Crippen LogP contribution in [-0.4, -0.2) is 37.3 Å². The van der Waals surface area contributed by atoms with Crippen molar-refractivity contribution >= 4 is 17.7 Å². The van der Waals surface area contributed by atoms with E-state index in [1.165, 1.54) is 18.4 Å². The number of nitrogens with zero attached hydrogens (tertiary/aromatic N) is 1. The van der Waals surface area contributed by atoms with E-state index in [1.807, 2.05) is 35.2 Å². The van der Waals surface area contributed by atoms with Crippen LogP contribution in [0, 0.1) is 0 Å². The first-order chi connectivity index (χ1) is 13.2. The zero-order valence-electron chi connectivity index (χ0n) is 16.2. The number of thioether (sulfide) groups is 1. The van der Waals surface area contributed by atoms with Gasteiger partial charge in [0.15, 0.2) is 0 Å². The van der Waals surface area contributed by atoms with E-state index in [1.54, 1.807) is 26.0 Å². The summed E-state index contributed by atoms with van der Waals surface area (Å²) in [7, 11) is 3.28. The number of amides is 1. The number of rotatable bonds is 7. The van der Waals surface area contributed by atoms with E-state index in [4.69, 9.17) is 9.47 Å². The monoisotopic (exact) mass is 385 g/mol. The van der Waals surface area contributed by atoms with E-state index < -0.39 is 0 Å². The van der Waals surface area contributed by atoms with Crippen LogP contribution < -0.4 is 9.47 Å². The third-order valence-electron chi connectivity index (χ3n) is 4.83. The van der Waals surface area contributed by atoms with Crippen molar-refractivity contribution in [2.45, 2.75) is 31.6 Å². The minimum Gasteiger partial charge on any atom is -0.497 e. The molecule has 0 N–H and O–H groups in total. The third kappa shape index (κ3) is 4.59. The van der Waals surface area contributed by atoms with Crippen LogP contribution >= 0.6 is 11.8 Å². The summed E-state index contributed by atoms with van der Waals surface area (Å²) in [4.78, 5) is 15.1. The van der Waals surface area contributed by atoms with E-state index in [2.05, 4.69) is 19.1 Å². The highest BCUT2D eigenvalue weighted by Crippen LogP contribution is 2.41. The summed E-state index contributed by atoms with van der Waals surface area (Å²) < 4.78 is 10.8. The maximum Gasteiger partial charge on any atom is 0.255 e. The second-order valence-electron chi connectivity index (χ2n) is 6.67. The van der Waals surface area contributed by atoms with Gasteiger partial charge in [-0.3, -0.25) is 4.79 Å². The van der Waals surface area contributed by atoms with Gasteiger partial charge in [0.1, 0.15) is 16.9 Å². The average molecular weight is 386 g/mol. The maximum atomic E-state index is 13.1. The molecule has 27 heavy (non-hydrogen) atoms. The van der Waals surface area contributed by atoms with E-state index in [0.717, 1.165) is 41.3 Å². The normalized spacial score (nSPS) is 16.4. The van der Waals surface area contributed by atoms with Crippen LogP contribution in [0.2, 0.25) is 0 Å². The summed E-state index contributed by atoms with van der Waals surface area (Å²) in [6.45, 7) is 2.93. The van der Waals surface area contributed by atoms with Gasteiger partial charge in [0, 0.05) is 23.9 Å². The SMILES string of the molecule is CCCCc1ccc(C(=O)N2CCS[C@@H]2c2cc(OC)cc(OC)c2)cc1. The van der Waals surface area contributed by atoms with E-state index >= 15 is 0 Å². The quantitative estimate of drug-likeness (QED) is 0.677. The van der Waals surface area contributed by atoms with Crippen LogP contribution in [0.4, 0.5) is 0 Å². The van der Waals surface area contributed by atoms with Crippen molar-refractivity contribution < 1.29 is 14.3 Å². The lowest BCUT2D eigenvalue weighted by Gasteiger charge is -2.25. The van der Waals surface area contributed by atoms with Crippen molar-refractivity contribution in [3.8, 4) is 11.5 Å². The number of hydrogen-bond acceptors (Lipinski definition) is 4. The Balaban J connectivity index is 1.80. The van der Waals surface area contributed by atoms with Crippen molar-refractivity contribution in [3.63, 3.8) is 0 Å². The molecule has 4 nitrogen and oxygen atoms in total. The molecule has 0 bridgehead atoms. The number of unbranched alkanes of at least 4 members (excludes halogenated alkanes) is 1. The number of hydrogen-bond donors (Lipinski definition) is 0. The Bertz CT molecular complexity index is 753. The fraction of sp³-hybridized carbons (Fsp3) is 0.409. The molecule has 144 valence electrons. The van der Waals surface area contributed by atoms with Gasteiger partial charge in [-0.2, -0.15) is 0 Å². The molecule has 1 saturated heterocycles. The molecule has 0 unspecified atom stereocenters. The van der Waals surface area contributed by atoms with E-state index in [0.29, 0.717) is 0 Å². The second-order valence-corrected chi connectivity index (χ2v) is 7.86. The first-order valence-electron chi connectivity index (χ1n) is 9.40.